The second kappa shape index (κ2) is 8.98. The van der Waals surface area contributed by atoms with E-state index in [1.54, 1.807) is 0 Å². The Morgan fingerprint density at radius 2 is 1.47 bits per heavy atom. The fourth-order valence-corrected chi connectivity index (χ4v) is 4.44. The van der Waals surface area contributed by atoms with Crippen LogP contribution in [0.25, 0.3) is 0 Å². The van der Waals surface area contributed by atoms with Crippen LogP contribution < -0.4 is 22.1 Å². The summed E-state index contributed by atoms with van der Waals surface area (Å²) < 4.78 is 0. The summed E-state index contributed by atoms with van der Waals surface area (Å²) in [5.41, 5.74) is 15.0. The molecule has 0 amide bonds. The SMILES string of the molecule is CC(C)Nc1cc(C2CC(c3cc(N)nc(N)n3)C2c2ccccc2)nc(NC(C)C)n1. The Morgan fingerprint density at radius 3 is 2.09 bits per heavy atom. The molecule has 1 aliphatic rings. The molecule has 3 unspecified atom stereocenters. The van der Waals surface area contributed by atoms with Crippen molar-refractivity contribution in [2.75, 3.05) is 22.1 Å². The summed E-state index contributed by atoms with van der Waals surface area (Å²) in [6, 6.07) is 14.9. The predicted octanol–water partition coefficient (Wildman–Crippen LogP) is 4.13. The number of nitrogens with zero attached hydrogens (tertiary/aromatic N) is 4. The number of rotatable bonds is 7. The summed E-state index contributed by atoms with van der Waals surface area (Å²) in [6.07, 6.45) is 0.898. The number of anilines is 4. The number of nitrogens with two attached hydrogens (primary N) is 2. The van der Waals surface area contributed by atoms with E-state index in [9.17, 15) is 0 Å². The van der Waals surface area contributed by atoms with Gasteiger partial charge in [0.05, 0.1) is 11.4 Å². The molecule has 2 heterocycles. The highest BCUT2D eigenvalue weighted by molar-refractivity contribution is 5.48. The molecule has 3 atom stereocenters. The zero-order chi connectivity index (χ0) is 22.8. The molecule has 0 spiro atoms. The first-order valence-corrected chi connectivity index (χ1v) is 11.2. The van der Waals surface area contributed by atoms with Crippen LogP contribution in [-0.2, 0) is 0 Å². The molecule has 2 aromatic heterocycles. The molecule has 1 aliphatic carbocycles. The van der Waals surface area contributed by atoms with Gasteiger partial charge in [-0.25, -0.2) is 9.97 Å². The van der Waals surface area contributed by atoms with Crippen LogP contribution in [0.1, 0.15) is 68.8 Å². The van der Waals surface area contributed by atoms with E-state index in [0.717, 1.165) is 23.6 Å². The highest BCUT2D eigenvalue weighted by Crippen LogP contribution is 2.57. The van der Waals surface area contributed by atoms with Crippen molar-refractivity contribution >= 4 is 23.5 Å². The van der Waals surface area contributed by atoms with Gasteiger partial charge in [0.2, 0.25) is 11.9 Å². The van der Waals surface area contributed by atoms with Crippen molar-refractivity contribution in [3.8, 4) is 0 Å². The van der Waals surface area contributed by atoms with Crippen LogP contribution in [-0.4, -0.2) is 32.0 Å². The van der Waals surface area contributed by atoms with Crippen molar-refractivity contribution in [1.29, 1.82) is 0 Å². The van der Waals surface area contributed by atoms with E-state index in [1.807, 2.05) is 12.1 Å². The molecular weight excluding hydrogens is 400 g/mol. The van der Waals surface area contributed by atoms with Gasteiger partial charge in [-0.05, 0) is 39.7 Å². The number of nitrogens with one attached hydrogen (secondary N) is 2. The minimum absolute atomic E-state index is 0.188. The minimum atomic E-state index is 0.188. The van der Waals surface area contributed by atoms with E-state index in [1.165, 1.54) is 5.56 Å². The van der Waals surface area contributed by atoms with Gasteiger partial charge >= 0.3 is 0 Å². The topological polar surface area (TPSA) is 128 Å². The molecule has 1 aromatic carbocycles. The number of hydrogen-bond acceptors (Lipinski definition) is 8. The first-order valence-electron chi connectivity index (χ1n) is 11.2. The van der Waals surface area contributed by atoms with E-state index < -0.39 is 0 Å². The van der Waals surface area contributed by atoms with E-state index in [2.05, 4.69) is 83.6 Å². The number of benzene rings is 1. The van der Waals surface area contributed by atoms with Gasteiger partial charge in [-0.15, -0.1) is 0 Å². The predicted molar refractivity (Wildman–Crippen MR) is 130 cm³/mol. The lowest BCUT2D eigenvalue weighted by Gasteiger charge is -2.45. The molecule has 0 bridgehead atoms. The molecule has 32 heavy (non-hydrogen) atoms. The van der Waals surface area contributed by atoms with Gasteiger partial charge < -0.3 is 22.1 Å². The maximum Gasteiger partial charge on any atom is 0.225 e. The molecule has 1 saturated carbocycles. The molecule has 1 fully saturated rings. The second-order valence-electron chi connectivity index (χ2n) is 9.06. The first-order chi connectivity index (χ1) is 15.3. The zero-order valence-corrected chi connectivity index (χ0v) is 19.1. The van der Waals surface area contributed by atoms with Crippen molar-refractivity contribution in [3.63, 3.8) is 0 Å². The van der Waals surface area contributed by atoms with Crippen molar-refractivity contribution in [1.82, 2.24) is 19.9 Å². The summed E-state index contributed by atoms with van der Waals surface area (Å²) >= 11 is 0. The standard InChI is InChI=1S/C24H32N8/c1-13(2)27-21-12-19(30-24(32-21)28-14(3)4)17-10-16(18-11-20(25)31-23(26)29-18)22(17)15-8-6-5-7-9-15/h5-9,11-14,16-17,22H,10H2,1-4H3,(H4,25,26,29,31)(H2,27,28,30,32). The quantitative estimate of drug-likeness (QED) is 0.439. The van der Waals surface area contributed by atoms with Crippen molar-refractivity contribution < 1.29 is 0 Å². The van der Waals surface area contributed by atoms with Crippen LogP contribution in [0.4, 0.5) is 23.5 Å². The van der Waals surface area contributed by atoms with Gasteiger partial charge in [0, 0.05) is 42.0 Å². The molecule has 8 nitrogen and oxygen atoms in total. The smallest absolute Gasteiger partial charge is 0.225 e. The zero-order valence-electron chi connectivity index (χ0n) is 19.1. The number of nitrogen functional groups attached to an aromatic ring is 2. The third kappa shape index (κ3) is 4.74. The van der Waals surface area contributed by atoms with Gasteiger partial charge in [-0.2, -0.15) is 9.97 Å². The summed E-state index contributed by atoms with van der Waals surface area (Å²) in [5, 5.41) is 6.79. The van der Waals surface area contributed by atoms with Crippen LogP contribution in [0.2, 0.25) is 0 Å². The van der Waals surface area contributed by atoms with E-state index in [-0.39, 0.29) is 35.8 Å². The van der Waals surface area contributed by atoms with E-state index in [0.29, 0.717) is 11.8 Å². The summed E-state index contributed by atoms with van der Waals surface area (Å²) in [4.78, 5) is 18.1. The normalized spacial score (nSPS) is 20.2. The molecule has 0 radical (unpaired) electrons. The highest BCUT2D eigenvalue weighted by atomic mass is 15.2. The molecule has 8 heteroatoms. The van der Waals surface area contributed by atoms with Crippen molar-refractivity contribution in [2.45, 2.75) is 64.0 Å². The number of aromatic nitrogens is 4. The Balaban J connectivity index is 1.73. The Morgan fingerprint density at radius 1 is 0.812 bits per heavy atom. The van der Waals surface area contributed by atoms with Crippen LogP contribution in [0.5, 0.6) is 0 Å². The maximum absolute atomic E-state index is 5.97. The largest absolute Gasteiger partial charge is 0.384 e. The Bertz CT molecular complexity index is 1020. The molecule has 3 aromatic rings. The molecule has 6 N–H and O–H groups in total. The molecule has 4 rings (SSSR count). The average molecular weight is 433 g/mol. The van der Waals surface area contributed by atoms with Gasteiger partial charge in [0.15, 0.2) is 0 Å². The fourth-order valence-electron chi connectivity index (χ4n) is 4.44. The summed E-state index contributed by atoms with van der Waals surface area (Å²) in [6.45, 7) is 8.38. The van der Waals surface area contributed by atoms with E-state index >= 15 is 0 Å². The summed E-state index contributed by atoms with van der Waals surface area (Å²) in [5.74, 6) is 2.71. The van der Waals surface area contributed by atoms with E-state index in [4.69, 9.17) is 16.5 Å². The molecule has 0 aliphatic heterocycles. The molecule has 168 valence electrons. The lowest BCUT2D eigenvalue weighted by molar-refractivity contribution is 0.275. The Kier molecular flexibility index (Phi) is 6.12. The molecular formula is C24H32N8. The van der Waals surface area contributed by atoms with Gasteiger partial charge in [0.1, 0.15) is 11.6 Å². The first kappa shape index (κ1) is 21.8. The molecule has 0 saturated heterocycles. The fraction of sp³-hybridized carbons (Fsp3) is 0.417. The third-order valence-corrected chi connectivity index (χ3v) is 5.70. The number of hydrogen-bond donors (Lipinski definition) is 4. The van der Waals surface area contributed by atoms with Crippen molar-refractivity contribution in [3.05, 3.63) is 59.4 Å². The average Bonchev–Trinajstić information content (AvgIpc) is 2.66. The van der Waals surface area contributed by atoms with Gasteiger partial charge in [0.25, 0.3) is 0 Å². The maximum atomic E-state index is 5.97. The third-order valence-electron chi connectivity index (χ3n) is 5.70. The van der Waals surface area contributed by atoms with Gasteiger partial charge in [-0.1, -0.05) is 30.3 Å². The Labute approximate surface area is 189 Å². The minimum Gasteiger partial charge on any atom is -0.384 e. The van der Waals surface area contributed by atoms with Gasteiger partial charge in [-0.3, -0.25) is 0 Å². The lowest BCUT2D eigenvalue weighted by Crippen LogP contribution is -2.33. The second-order valence-corrected chi connectivity index (χ2v) is 9.06. The van der Waals surface area contributed by atoms with Crippen molar-refractivity contribution in [2.24, 2.45) is 0 Å². The Hall–Kier alpha value is -3.42. The van der Waals surface area contributed by atoms with Crippen LogP contribution in [0.15, 0.2) is 42.5 Å². The van der Waals surface area contributed by atoms with Crippen LogP contribution >= 0.6 is 0 Å². The summed E-state index contributed by atoms with van der Waals surface area (Å²) in [7, 11) is 0. The lowest BCUT2D eigenvalue weighted by atomic mass is 9.59. The monoisotopic (exact) mass is 432 g/mol. The highest BCUT2D eigenvalue weighted by Gasteiger charge is 2.45. The van der Waals surface area contributed by atoms with Crippen LogP contribution in [0, 0.1) is 0 Å². The van der Waals surface area contributed by atoms with Crippen LogP contribution in [0.3, 0.4) is 0 Å².